The van der Waals surface area contributed by atoms with Gasteiger partial charge in [0.2, 0.25) is 0 Å². The lowest BCUT2D eigenvalue weighted by Gasteiger charge is -2.05. The fourth-order valence-corrected chi connectivity index (χ4v) is 2.13. The van der Waals surface area contributed by atoms with Crippen LogP contribution >= 0.6 is 11.6 Å². The number of benzene rings is 2. The maximum absolute atomic E-state index is 13.0. The number of carbonyl (C=O) groups is 1. The molecule has 6 heteroatoms. The van der Waals surface area contributed by atoms with Crippen molar-refractivity contribution in [1.29, 1.82) is 0 Å². The minimum absolute atomic E-state index is 0.0145. The lowest BCUT2D eigenvalue weighted by Crippen LogP contribution is -2.03. The molecule has 110 valence electrons. The van der Waals surface area contributed by atoms with E-state index in [0.717, 1.165) is 24.3 Å². The molecule has 2 aromatic carbocycles. The van der Waals surface area contributed by atoms with E-state index in [2.05, 4.69) is 0 Å². The molecule has 0 radical (unpaired) electrons. The topological polar surface area (TPSA) is 17.1 Å². The van der Waals surface area contributed by atoms with Crippen LogP contribution in [-0.2, 0) is 6.42 Å². The van der Waals surface area contributed by atoms with Crippen molar-refractivity contribution in [2.45, 2.75) is 12.8 Å². The van der Waals surface area contributed by atoms with Gasteiger partial charge in [0.15, 0.2) is 23.2 Å². The fourth-order valence-electron chi connectivity index (χ4n) is 1.86. The molecule has 0 saturated heterocycles. The summed E-state index contributed by atoms with van der Waals surface area (Å²) in [5.41, 5.74) is 0.277. The minimum Gasteiger partial charge on any atom is -0.294 e. The summed E-state index contributed by atoms with van der Waals surface area (Å²) in [4.78, 5) is 11.9. The molecule has 0 bridgehead atoms. The summed E-state index contributed by atoms with van der Waals surface area (Å²) < 4.78 is 51.7. The van der Waals surface area contributed by atoms with Gasteiger partial charge >= 0.3 is 0 Å². The van der Waals surface area contributed by atoms with Crippen molar-refractivity contribution in [2.24, 2.45) is 0 Å². The zero-order chi connectivity index (χ0) is 15.6. The third-order valence-corrected chi connectivity index (χ3v) is 3.23. The van der Waals surface area contributed by atoms with Gasteiger partial charge in [-0.15, -0.1) is 0 Å². The zero-order valence-electron chi connectivity index (χ0n) is 10.6. The molecule has 0 aliphatic rings. The molecule has 0 aliphatic heterocycles. The molecule has 0 amide bonds. The quantitative estimate of drug-likeness (QED) is 0.453. The molecule has 2 aromatic rings. The standard InChI is InChI=1S/C15H9ClF4O/c16-11-7-9(17)2-3-10(11)14(21)4-1-8-5-12(18)15(20)13(19)6-8/h2-3,5-7H,1,4H2. The Bertz CT molecular complexity index is 677. The molecule has 0 atom stereocenters. The van der Waals surface area contributed by atoms with E-state index in [0.29, 0.717) is 0 Å². The molecule has 0 heterocycles. The second-order valence-corrected chi connectivity index (χ2v) is 4.83. The number of halogens is 5. The highest BCUT2D eigenvalue weighted by atomic mass is 35.5. The number of ketones is 1. The molecule has 0 aromatic heterocycles. The van der Waals surface area contributed by atoms with Crippen molar-refractivity contribution < 1.29 is 22.4 Å². The first kappa shape index (κ1) is 15.5. The Morgan fingerprint density at radius 1 is 1.00 bits per heavy atom. The Morgan fingerprint density at radius 2 is 1.62 bits per heavy atom. The first-order chi connectivity index (χ1) is 9.88. The molecule has 0 fully saturated rings. The molecule has 2 rings (SSSR count). The number of rotatable bonds is 4. The number of aryl methyl sites for hydroxylation is 1. The molecular formula is C15H9ClF4O. The third-order valence-electron chi connectivity index (χ3n) is 2.92. The number of hydrogen-bond acceptors (Lipinski definition) is 1. The van der Waals surface area contributed by atoms with Gasteiger partial charge in [-0.2, -0.15) is 0 Å². The molecule has 0 aliphatic carbocycles. The summed E-state index contributed by atoms with van der Waals surface area (Å²) >= 11 is 5.75. The van der Waals surface area contributed by atoms with Crippen LogP contribution in [0.25, 0.3) is 0 Å². The van der Waals surface area contributed by atoms with Gasteiger partial charge in [0.25, 0.3) is 0 Å². The van der Waals surface area contributed by atoms with Gasteiger partial charge in [0, 0.05) is 12.0 Å². The normalized spacial score (nSPS) is 10.7. The average Bonchev–Trinajstić information content (AvgIpc) is 2.42. The molecule has 0 saturated carbocycles. The van der Waals surface area contributed by atoms with Gasteiger partial charge in [0.05, 0.1) is 5.02 Å². The highest BCUT2D eigenvalue weighted by molar-refractivity contribution is 6.33. The Kier molecular flexibility index (Phi) is 4.63. The van der Waals surface area contributed by atoms with Crippen molar-refractivity contribution in [1.82, 2.24) is 0 Å². The molecule has 0 spiro atoms. The zero-order valence-corrected chi connectivity index (χ0v) is 11.4. The van der Waals surface area contributed by atoms with Crippen LogP contribution in [0.1, 0.15) is 22.3 Å². The summed E-state index contributed by atoms with van der Waals surface area (Å²) in [6.07, 6.45) is -0.0729. The van der Waals surface area contributed by atoms with E-state index in [4.69, 9.17) is 11.6 Å². The predicted molar refractivity (Wildman–Crippen MR) is 70.4 cm³/mol. The lowest BCUT2D eigenvalue weighted by atomic mass is 10.0. The van der Waals surface area contributed by atoms with Crippen LogP contribution in [0, 0.1) is 23.3 Å². The first-order valence-electron chi connectivity index (χ1n) is 6.00. The Labute approximate surface area is 123 Å². The molecule has 0 N–H and O–H groups in total. The van der Waals surface area contributed by atoms with Crippen molar-refractivity contribution in [3.8, 4) is 0 Å². The van der Waals surface area contributed by atoms with E-state index in [9.17, 15) is 22.4 Å². The molecule has 1 nitrogen and oxygen atoms in total. The Balaban J connectivity index is 2.11. The van der Waals surface area contributed by atoms with Gasteiger partial charge in [-0.1, -0.05) is 11.6 Å². The smallest absolute Gasteiger partial charge is 0.194 e. The maximum Gasteiger partial charge on any atom is 0.194 e. The van der Waals surface area contributed by atoms with Crippen molar-refractivity contribution in [3.63, 3.8) is 0 Å². The van der Waals surface area contributed by atoms with Gasteiger partial charge in [-0.05, 0) is 42.3 Å². The van der Waals surface area contributed by atoms with Crippen LogP contribution in [0.3, 0.4) is 0 Å². The molecule has 0 unspecified atom stereocenters. The Hall–Kier alpha value is -1.88. The summed E-state index contributed by atoms with van der Waals surface area (Å²) in [6, 6.07) is 5.00. The highest BCUT2D eigenvalue weighted by Crippen LogP contribution is 2.20. The Morgan fingerprint density at radius 3 is 2.19 bits per heavy atom. The summed E-state index contributed by atoms with van der Waals surface area (Å²) in [5, 5.41) is -0.0310. The largest absolute Gasteiger partial charge is 0.294 e. The minimum atomic E-state index is -1.55. The average molecular weight is 317 g/mol. The van der Waals surface area contributed by atoms with E-state index in [1.165, 1.54) is 6.07 Å². The monoisotopic (exact) mass is 316 g/mol. The summed E-state index contributed by atoms with van der Waals surface area (Å²) in [6.45, 7) is 0. The van der Waals surface area contributed by atoms with Crippen LogP contribution < -0.4 is 0 Å². The summed E-state index contributed by atoms with van der Waals surface area (Å²) in [7, 11) is 0. The van der Waals surface area contributed by atoms with Crippen molar-refractivity contribution >= 4 is 17.4 Å². The number of hydrogen-bond donors (Lipinski definition) is 0. The highest BCUT2D eigenvalue weighted by Gasteiger charge is 2.14. The van der Waals surface area contributed by atoms with Gasteiger partial charge in [0.1, 0.15) is 5.82 Å². The van der Waals surface area contributed by atoms with Crippen LogP contribution in [0.5, 0.6) is 0 Å². The second kappa shape index (κ2) is 6.26. The SMILES string of the molecule is O=C(CCc1cc(F)c(F)c(F)c1)c1ccc(F)cc1Cl. The second-order valence-electron chi connectivity index (χ2n) is 4.42. The van der Waals surface area contributed by atoms with Crippen LogP contribution in [0.2, 0.25) is 5.02 Å². The lowest BCUT2D eigenvalue weighted by molar-refractivity contribution is 0.0983. The maximum atomic E-state index is 13.0. The van der Waals surface area contributed by atoms with Crippen LogP contribution in [0.4, 0.5) is 17.6 Å². The van der Waals surface area contributed by atoms with E-state index in [-0.39, 0.29) is 29.0 Å². The van der Waals surface area contributed by atoms with Crippen LogP contribution in [-0.4, -0.2) is 5.78 Å². The molecule has 21 heavy (non-hydrogen) atoms. The predicted octanol–water partition coefficient (Wildman–Crippen LogP) is 4.71. The number of Topliss-reactive ketones (excluding diaryl/α,β-unsaturated/α-hetero) is 1. The fraction of sp³-hybridized carbons (Fsp3) is 0.133. The van der Waals surface area contributed by atoms with Crippen molar-refractivity contribution in [3.05, 3.63) is 69.8 Å². The van der Waals surface area contributed by atoms with Crippen LogP contribution in [0.15, 0.2) is 30.3 Å². The van der Waals surface area contributed by atoms with Gasteiger partial charge in [-0.25, -0.2) is 17.6 Å². The summed E-state index contributed by atoms with van der Waals surface area (Å²) in [5.74, 6) is -5.13. The van der Waals surface area contributed by atoms with E-state index in [1.807, 2.05) is 0 Å². The van der Waals surface area contributed by atoms with E-state index < -0.39 is 29.1 Å². The first-order valence-corrected chi connectivity index (χ1v) is 6.38. The number of carbonyl (C=O) groups excluding carboxylic acids is 1. The van der Waals surface area contributed by atoms with Crippen molar-refractivity contribution in [2.75, 3.05) is 0 Å². The molecular weight excluding hydrogens is 308 g/mol. The van der Waals surface area contributed by atoms with E-state index >= 15 is 0 Å². The van der Waals surface area contributed by atoms with Gasteiger partial charge in [-0.3, -0.25) is 4.79 Å². The van der Waals surface area contributed by atoms with Gasteiger partial charge < -0.3 is 0 Å². The third kappa shape index (κ3) is 3.61. The van der Waals surface area contributed by atoms with E-state index in [1.54, 1.807) is 0 Å².